The van der Waals surface area contributed by atoms with Crippen molar-refractivity contribution in [2.45, 2.75) is 25.8 Å². The molecule has 0 aliphatic carbocycles. The highest BCUT2D eigenvalue weighted by Gasteiger charge is 2.23. The molecule has 0 saturated carbocycles. The van der Waals surface area contributed by atoms with Gasteiger partial charge in [0.2, 0.25) is 0 Å². The van der Waals surface area contributed by atoms with E-state index in [-0.39, 0.29) is 5.91 Å². The molecule has 6 rings (SSSR count). The number of fused-ring (bicyclic) bond motifs is 3. The van der Waals surface area contributed by atoms with Gasteiger partial charge in [-0.15, -0.1) is 0 Å². The number of H-pyrrole nitrogens is 1. The lowest BCUT2D eigenvalue weighted by atomic mass is 9.97. The number of benzene rings is 2. The average Bonchev–Trinajstić information content (AvgIpc) is 3.59. The first-order valence-electron chi connectivity index (χ1n) is 13.2. The highest BCUT2D eigenvalue weighted by atomic mass is 16.5. The Bertz CT molecular complexity index is 1590. The fraction of sp³-hybridized carbons (Fsp3) is 0.258. The summed E-state index contributed by atoms with van der Waals surface area (Å²) in [5.41, 5.74) is 6.39. The van der Waals surface area contributed by atoms with Gasteiger partial charge in [-0.3, -0.25) is 19.7 Å². The van der Waals surface area contributed by atoms with Crippen LogP contribution in [0.5, 0.6) is 5.75 Å². The Morgan fingerprint density at radius 3 is 2.74 bits per heavy atom. The van der Waals surface area contributed by atoms with Gasteiger partial charge in [-0.25, -0.2) is 0 Å². The van der Waals surface area contributed by atoms with Crippen LogP contribution < -0.4 is 10.1 Å². The summed E-state index contributed by atoms with van der Waals surface area (Å²) in [4.78, 5) is 27.8. The van der Waals surface area contributed by atoms with Crippen LogP contribution >= 0.6 is 0 Å². The summed E-state index contributed by atoms with van der Waals surface area (Å²) in [7, 11) is 1.69. The SMILES string of the molecule is CCN1CCC[C@H]1CNC(=O)c1ccc(-c2c(OC)ccc3[nH]c4cnc(-c5cccnc5)cc4c23)cc1. The summed E-state index contributed by atoms with van der Waals surface area (Å²) in [5, 5.41) is 5.25. The Balaban J connectivity index is 1.35. The van der Waals surface area contributed by atoms with E-state index in [1.165, 1.54) is 6.42 Å². The van der Waals surface area contributed by atoms with Crippen molar-refractivity contribution < 1.29 is 9.53 Å². The van der Waals surface area contributed by atoms with Gasteiger partial charge in [-0.05, 0) is 74.0 Å². The molecule has 192 valence electrons. The van der Waals surface area contributed by atoms with Crippen molar-refractivity contribution in [2.24, 2.45) is 0 Å². The molecule has 0 spiro atoms. The quantitative estimate of drug-likeness (QED) is 0.298. The minimum Gasteiger partial charge on any atom is -0.496 e. The number of methoxy groups -OCH3 is 1. The molecular weight excluding hydrogens is 474 g/mol. The molecule has 1 aliphatic rings. The lowest BCUT2D eigenvalue weighted by molar-refractivity contribution is 0.0941. The molecular formula is C31H31N5O2. The van der Waals surface area contributed by atoms with E-state index in [2.05, 4.69) is 38.2 Å². The van der Waals surface area contributed by atoms with Gasteiger partial charge < -0.3 is 15.0 Å². The van der Waals surface area contributed by atoms with Gasteiger partial charge in [0.1, 0.15) is 5.75 Å². The van der Waals surface area contributed by atoms with Gasteiger partial charge in [-0.2, -0.15) is 0 Å². The number of nitrogens with one attached hydrogen (secondary N) is 2. The van der Waals surface area contributed by atoms with E-state index in [0.717, 1.165) is 69.4 Å². The van der Waals surface area contributed by atoms with Crippen molar-refractivity contribution in [3.05, 3.63) is 78.8 Å². The summed E-state index contributed by atoms with van der Waals surface area (Å²) >= 11 is 0. The lowest BCUT2D eigenvalue weighted by Crippen LogP contribution is -2.40. The minimum absolute atomic E-state index is 0.0380. The molecule has 1 atom stereocenters. The first-order chi connectivity index (χ1) is 18.7. The van der Waals surface area contributed by atoms with E-state index in [1.807, 2.05) is 60.9 Å². The third kappa shape index (κ3) is 4.39. The Labute approximate surface area is 221 Å². The second-order valence-electron chi connectivity index (χ2n) is 9.76. The van der Waals surface area contributed by atoms with Crippen molar-refractivity contribution in [1.29, 1.82) is 0 Å². The lowest BCUT2D eigenvalue weighted by Gasteiger charge is -2.22. The molecule has 38 heavy (non-hydrogen) atoms. The Morgan fingerprint density at radius 1 is 1.11 bits per heavy atom. The van der Waals surface area contributed by atoms with Crippen LogP contribution in [0.2, 0.25) is 0 Å². The molecule has 0 unspecified atom stereocenters. The fourth-order valence-electron chi connectivity index (χ4n) is 5.65. The second kappa shape index (κ2) is 10.3. The highest BCUT2D eigenvalue weighted by molar-refractivity contribution is 6.16. The zero-order chi connectivity index (χ0) is 26.1. The molecule has 2 aromatic carbocycles. The number of aromatic nitrogens is 3. The van der Waals surface area contributed by atoms with Crippen LogP contribution in [0.1, 0.15) is 30.1 Å². The topological polar surface area (TPSA) is 83.1 Å². The Kier molecular flexibility index (Phi) is 6.52. The van der Waals surface area contributed by atoms with E-state index in [9.17, 15) is 4.79 Å². The molecule has 1 amide bonds. The number of aromatic amines is 1. The summed E-state index contributed by atoms with van der Waals surface area (Å²) in [5.74, 6) is 0.736. The van der Waals surface area contributed by atoms with Gasteiger partial charge >= 0.3 is 0 Å². The predicted molar refractivity (Wildman–Crippen MR) is 151 cm³/mol. The molecule has 1 fully saturated rings. The second-order valence-corrected chi connectivity index (χ2v) is 9.76. The van der Waals surface area contributed by atoms with Gasteiger partial charge in [0.25, 0.3) is 5.91 Å². The van der Waals surface area contributed by atoms with Crippen molar-refractivity contribution in [1.82, 2.24) is 25.2 Å². The van der Waals surface area contributed by atoms with Crippen LogP contribution in [0.3, 0.4) is 0 Å². The molecule has 1 aliphatic heterocycles. The van der Waals surface area contributed by atoms with Gasteiger partial charge in [0.15, 0.2) is 0 Å². The van der Waals surface area contributed by atoms with Crippen LogP contribution in [0, 0.1) is 0 Å². The number of rotatable bonds is 7. The zero-order valence-corrected chi connectivity index (χ0v) is 21.7. The Hall–Kier alpha value is -4.23. The summed E-state index contributed by atoms with van der Waals surface area (Å²) < 4.78 is 5.81. The van der Waals surface area contributed by atoms with E-state index in [0.29, 0.717) is 18.2 Å². The summed E-state index contributed by atoms with van der Waals surface area (Å²) in [6, 6.07) is 18.3. The average molecular weight is 506 g/mol. The monoisotopic (exact) mass is 505 g/mol. The molecule has 3 aromatic heterocycles. The third-order valence-electron chi connectivity index (χ3n) is 7.63. The van der Waals surface area contributed by atoms with Gasteiger partial charge in [0.05, 0.1) is 24.5 Å². The molecule has 7 heteroatoms. The number of pyridine rings is 2. The van der Waals surface area contributed by atoms with Crippen molar-refractivity contribution in [3.63, 3.8) is 0 Å². The maximum Gasteiger partial charge on any atom is 0.251 e. The van der Waals surface area contributed by atoms with Crippen LogP contribution in [0.4, 0.5) is 0 Å². The number of nitrogens with zero attached hydrogens (tertiary/aromatic N) is 3. The van der Waals surface area contributed by atoms with Crippen molar-refractivity contribution in [3.8, 4) is 28.1 Å². The van der Waals surface area contributed by atoms with Crippen molar-refractivity contribution >= 4 is 27.7 Å². The molecule has 1 saturated heterocycles. The number of carbonyl (C=O) groups is 1. The zero-order valence-electron chi connectivity index (χ0n) is 21.7. The number of hydrogen-bond donors (Lipinski definition) is 2. The maximum absolute atomic E-state index is 12.9. The number of carbonyl (C=O) groups excluding carboxylic acids is 1. The number of likely N-dealkylation sites (N-methyl/N-ethyl adjacent to an activating group) is 1. The van der Waals surface area contributed by atoms with Gasteiger partial charge in [0, 0.05) is 58.0 Å². The van der Waals surface area contributed by atoms with E-state index in [4.69, 9.17) is 4.74 Å². The minimum atomic E-state index is -0.0380. The normalized spacial score (nSPS) is 15.8. The van der Waals surface area contributed by atoms with Gasteiger partial charge in [-0.1, -0.05) is 19.1 Å². The third-order valence-corrected chi connectivity index (χ3v) is 7.63. The van der Waals surface area contributed by atoms with E-state index < -0.39 is 0 Å². The molecule has 5 aromatic rings. The smallest absolute Gasteiger partial charge is 0.251 e. The predicted octanol–water partition coefficient (Wildman–Crippen LogP) is 5.67. The van der Waals surface area contributed by atoms with Crippen LogP contribution in [0.25, 0.3) is 44.2 Å². The summed E-state index contributed by atoms with van der Waals surface area (Å²) in [6.45, 7) is 5.00. The highest BCUT2D eigenvalue weighted by Crippen LogP contribution is 2.41. The van der Waals surface area contributed by atoms with E-state index >= 15 is 0 Å². The fourth-order valence-corrected chi connectivity index (χ4v) is 5.65. The van der Waals surface area contributed by atoms with E-state index in [1.54, 1.807) is 13.3 Å². The maximum atomic E-state index is 12.9. The van der Waals surface area contributed by atoms with Crippen LogP contribution in [-0.4, -0.2) is 58.5 Å². The first kappa shape index (κ1) is 24.1. The number of amides is 1. The molecule has 2 N–H and O–H groups in total. The molecule has 0 radical (unpaired) electrons. The van der Waals surface area contributed by atoms with Crippen LogP contribution in [0.15, 0.2) is 73.2 Å². The summed E-state index contributed by atoms with van der Waals surface area (Å²) in [6.07, 6.45) is 7.78. The van der Waals surface area contributed by atoms with Crippen LogP contribution in [-0.2, 0) is 0 Å². The largest absolute Gasteiger partial charge is 0.496 e. The molecule has 0 bridgehead atoms. The number of ether oxygens (including phenoxy) is 1. The molecule has 4 heterocycles. The number of hydrogen-bond acceptors (Lipinski definition) is 5. The number of likely N-dealkylation sites (tertiary alicyclic amines) is 1. The standard InChI is InChI=1S/C31H31N5O2/c1-3-36-15-5-7-23(36)18-34-31(37)21-10-8-20(9-11-21)29-28(38-2)13-12-25-30(29)24-16-26(33-19-27(24)35-25)22-6-4-14-32-17-22/h4,6,8-14,16-17,19,23,35H,3,5,7,15,18H2,1-2H3,(H,34,37)/t23-/m0/s1. The Morgan fingerprint density at radius 2 is 1.97 bits per heavy atom. The molecule has 7 nitrogen and oxygen atoms in total. The van der Waals surface area contributed by atoms with Crippen molar-refractivity contribution in [2.75, 3.05) is 26.7 Å². The first-order valence-corrected chi connectivity index (χ1v) is 13.2.